The number of nitrogen functional groups attached to an aromatic ring is 1. The molecule has 1 fully saturated rings. The van der Waals surface area contributed by atoms with E-state index in [1.807, 2.05) is 0 Å². The zero-order chi connectivity index (χ0) is 11.8. The number of anilines is 1. The topological polar surface area (TPSA) is 105 Å². The molecule has 1 aromatic rings. The van der Waals surface area contributed by atoms with E-state index in [-0.39, 0.29) is 16.7 Å². The Morgan fingerprint density at radius 1 is 1.38 bits per heavy atom. The highest BCUT2D eigenvalue weighted by molar-refractivity contribution is 7.89. The Morgan fingerprint density at radius 2 is 2.06 bits per heavy atom. The van der Waals surface area contributed by atoms with Gasteiger partial charge in [-0.3, -0.25) is 0 Å². The van der Waals surface area contributed by atoms with Gasteiger partial charge in [-0.05, 0) is 12.1 Å². The third-order valence-corrected chi connectivity index (χ3v) is 3.20. The van der Waals surface area contributed by atoms with Crippen LogP contribution in [0, 0.1) is 0 Å². The van der Waals surface area contributed by atoms with Crippen molar-refractivity contribution in [3.63, 3.8) is 0 Å². The average molecular weight is 244 g/mol. The summed E-state index contributed by atoms with van der Waals surface area (Å²) in [5, 5.41) is 5.02. The summed E-state index contributed by atoms with van der Waals surface area (Å²) in [6, 6.07) is 4.47. The molecule has 0 amide bonds. The first-order chi connectivity index (χ1) is 7.48. The maximum atomic E-state index is 11.2. The SMILES string of the molecule is Nc1c(OC2COC2)cccc1S(N)(=O)=O. The monoisotopic (exact) mass is 244 g/mol. The molecule has 6 nitrogen and oxygen atoms in total. The van der Waals surface area contributed by atoms with E-state index in [1.54, 1.807) is 6.07 Å². The average Bonchev–Trinajstić information content (AvgIpc) is 2.11. The Balaban J connectivity index is 2.32. The molecule has 0 atom stereocenters. The molecule has 0 radical (unpaired) electrons. The van der Waals surface area contributed by atoms with Crippen LogP contribution >= 0.6 is 0 Å². The lowest BCUT2D eigenvalue weighted by Gasteiger charge is -2.27. The molecule has 2 rings (SSSR count). The lowest BCUT2D eigenvalue weighted by atomic mass is 10.2. The molecular weight excluding hydrogens is 232 g/mol. The second-order valence-electron chi connectivity index (χ2n) is 3.49. The second-order valence-corrected chi connectivity index (χ2v) is 5.02. The highest BCUT2D eigenvalue weighted by Gasteiger charge is 2.23. The van der Waals surface area contributed by atoms with E-state index >= 15 is 0 Å². The number of rotatable bonds is 3. The largest absolute Gasteiger partial charge is 0.483 e. The molecule has 0 unspecified atom stereocenters. The quantitative estimate of drug-likeness (QED) is 0.710. The summed E-state index contributed by atoms with van der Waals surface area (Å²) in [7, 11) is -3.82. The Hall–Kier alpha value is -1.31. The Bertz CT molecular complexity index is 496. The van der Waals surface area contributed by atoms with Crippen LogP contribution < -0.4 is 15.6 Å². The number of hydrogen-bond acceptors (Lipinski definition) is 5. The predicted molar refractivity (Wildman–Crippen MR) is 57.5 cm³/mol. The van der Waals surface area contributed by atoms with E-state index in [9.17, 15) is 8.42 Å². The lowest BCUT2D eigenvalue weighted by molar-refractivity contribution is -0.0794. The molecule has 88 valence electrons. The third kappa shape index (κ3) is 2.11. The van der Waals surface area contributed by atoms with Gasteiger partial charge in [-0.2, -0.15) is 0 Å². The van der Waals surface area contributed by atoms with E-state index in [0.717, 1.165) is 0 Å². The van der Waals surface area contributed by atoms with Crippen molar-refractivity contribution in [3.05, 3.63) is 18.2 Å². The van der Waals surface area contributed by atoms with Crippen molar-refractivity contribution < 1.29 is 17.9 Å². The highest BCUT2D eigenvalue weighted by Crippen LogP contribution is 2.29. The summed E-state index contributed by atoms with van der Waals surface area (Å²) in [6.45, 7) is 0.970. The van der Waals surface area contributed by atoms with Crippen LogP contribution in [0.2, 0.25) is 0 Å². The van der Waals surface area contributed by atoms with Crippen molar-refractivity contribution in [2.24, 2.45) is 5.14 Å². The summed E-state index contributed by atoms with van der Waals surface area (Å²) in [5.41, 5.74) is 5.71. The summed E-state index contributed by atoms with van der Waals surface area (Å²) in [5.74, 6) is 0.319. The van der Waals surface area contributed by atoms with Crippen LogP contribution in [-0.2, 0) is 14.8 Å². The Labute approximate surface area is 93.2 Å². The van der Waals surface area contributed by atoms with Gasteiger partial charge in [0.15, 0.2) is 0 Å². The first kappa shape index (κ1) is 11.2. The summed E-state index contributed by atoms with van der Waals surface area (Å²) in [4.78, 5) is -0.120. The smallest absolute Gasteiger partial charge is 0.240 e. The van der Waals surface area contributed by atoms with Gasteiger partial charge in [0.05, 0.1) is 18.9 Å². The molecule has 1 aliphatic rings. The van der Waals surface area contributed by atoms with E-state index in [2.05, 4.69) is 0 Å². The van der Waals surface area contributed by atoms with Crippen LogP contribution in [0.3, 0.4) is 0 Å². The second kappa shape index (κ2) is 3.93. The van der Waals surface area contributed by atoms with Gasteiger partial charge >= 0.3 is 0 Å². The fourth-order valence-corrected chi connectivity index (χ4v) is 2.01. The fraction of sp³-hybridized carbons (Fsp3) is 0.333. The molecule has 16 heavy (non-hydrogen) atoms. The minimum absolute atomic E-state index is 0.0388. The fourth-order valence-electron chi connectivity index (χ4n) is 1.34. The number of ether oxygens (including phenoxy) is 2. The third-order valence-electron chi connectivity index (χ3n) is 2.23. The van der Waals surface area contributed by atoms with Crippen LogP contribution in [-0.4, -0.2) is 27.7 Å². The van der Waals surface area contributed by atoms with Crippen LogP contribution in [0.25, 0.3) is 0 Å². The Kier molecular flexibility index (Phi) is 2.75. The van der Waals surface area contributed by atoms with E-state index in [4.69, 9.17) is 20.3 Å². The van der Waals surface area contributed by atoms with Gasteiger partial charge in [-0.1, -0.05) is 6.07 Å². The van der Waals surface area contributed by atoms with Crippen LogP contribution in [0.15, 0.2) is 23.1 Å². The zero-order valence-electron chi connectivity index (χ0n) is 8.42. The normalized spacial score (nSPS) is 16.8. The van der Waals surface area contributed by atoms with Crippen molar-refractivity contribution in [1.82, 2.24) is 0 Å². The molecule has 0 spiro atoms. The molecule has 0 aliphatic carbocycles. The first-order valence-corrected chi connectivity index (χ1v) is 6.19. The van der Waals surface area contributed by atoms with Gasteiger partial charge < -0.3 is 15.2 Å². The molecule has 7 heteroatoms. The molecule has 1 aromatic carbocycles. The molecular formula is C9H12N2O4S. The van der Waals surface area contributed by atoms with Gasteiger partial charge in [-0.25, -0.2) is 13.6 Å². The van der Waals surface area contributed by atoms with E-state index in [1.165, 1.54) is 12.1 Å². The van der Waals surface area contributed by atoms with E-state index in [0.29, 0.717) is 19.0 Å². The molecule has 0 bridgehead atoms. The maximum absolute atomic E-state index is 11.2. The van der Waals surface area contributed by atoms with Crippen molar-refractivity contribution >= 4 is 15.7 Å². The number of para-hydroxylation sites is 1. The molecule has 1 heterocycles. The molecule has 0 saturated carbocycles. The van der Waals surface area contributed by atoms with Gasteiger partial charge in [0, 0.05) is 0 Å². The number of sulfonamides is 1. The standard InChI is InChI=1S/C9H12N2O4S/c10-9-7(15-6-4-14-5-6)2-1-3-8(9)16(11,12)13/h1-3,6H,4-5,10H2,(H2,11,12,13). The van der Waals surface area contributed by atoms with E-state index < -0.39 is 10.0 Å². The summed E-state index contributed by atoms with van der Waals surface area (Å²) < 4.78 is 32.8. The first-order valence-electron chi connectivity index (χ1n) is 4.64. The van der Waals surface area contributed by atoms with Crippen LogP contribution in [0.5, 0.6) is 5.75 Å². The number of primary sulfonamides is 1. The molecule has 0 aromatic heterocycles. The number of benzene rings is 1. The van der Waals surface area contributed by atoms with Crippen LogP contribution in [0.4, 0.5) is 5.69 Å². The lowest BCUT2D eigenvalue weighted by Crippen LogP contribution is -2.38. The number of hydrogen-bond donors (Lipinski definition) is 2. The summed E-state index contributed by atoms with van der Waals surface area (Å²) >= 11 is 0. The van der Waals surface area contributed by atoms with Gasteiger partial charge in [0.2, 0.25) is 10.0 Å². The van der Waals surface area contributed by atoms with Gasteiger partial charge in [0.25, 0.3) is 0 Å². The van der Waals surface area contributed by atoms with Gasteiger partial charge in [0.1, 0.15) is 16.7 Å². The molecule has 1 saturated heterocycles. The highest BCUT2D eigenvalue weighted by atomic mass is 32.2. The minimum atomic E-state index is -3.82. The molecule has 1 aliphatic heterocycles. The summed E-state index contributed by atoms with van der Waals surface area (Å²) in [6.07, 6.45) is -0.0713. The predicted octanol–water partition coefficient (Wildman–Crippen LogP) is -0.306. The van der Waals surface area contributed by atoms with Crippen molar-refractivity contribution in [3.8, 4) is 5.75 Å². The van der Waals surface area contributed by atoms with Crippen molar-refractivity contribution in [2.45, 2.75) is 11.0 Å². The maximum Gasteiger partial charge on any atom is 0.240 e. The molecule has 4 N–H and O–H groups in total. The van der Waals surface area contributed by atoms with Crippen molar-refractivity contribution in [2.75, 3.05) is 18.9 Å². The Morgan fingerprint density at radius 3 is 2.56 bits per heavy atom. The van der Waals surface area contributed by atoms with Gasteiger partial charge in [-0.15, -0.1) is 0 Å². The van der Waals surface area contributed by atoms with Crippen molar-refractivity contribution in [1.29, 1.82) is 0 Å². The minimum Gasteiger partial charge on any atom is -0.483 e. The zero-order valence-corrected chi connectivity index (χ0v) is 9.24. The van der Waals surface area contributed by atoms with Crippen LogP contribution in [0.1, 0.15) is 0 Å². The number of nitrogens with two attached hydrogens (primary N) is 2.